The Balaban J connectivity index is 1.71. The van der Waals surface area contributed by atoms with Crippen LogP contribution >= 0.6 is 7.82 Å². The Bertz CT molecular complexity index is 1020. The van der Waals surface area contributed by atoms with Crippen LogP contribution in [0.5, 0.6) is 0 Å². The van der Waals surface area contributed by atoms with Crippen LogP contribution in [0.25, 0.3) is 22.6 Å². The fourth-order valence-corrected chi connectivity index (χ4v) is 3.02. The molecule has 0 aliphatic rings. The largest absolute Gasteiger partial charge is 0.523 e. The average Bonchev–Trinajstić information content (AvgIpc) is 3.17. The van der Waals surface area contributed by atoms with Crippen LogP contribution in [0.1, 0.15) is 13.3 Å². The third-order valence-corrected chi connectivity index (χ3v) is 4.62. The van der Waals surface area contributed by atoms with Crippen LogP contribution in [-0.2, 0) is 25.4 Å². The monoisotopic (exact) mass is 424 g/mol. The van der Waals surface area contributed by atoms with E-state index < -0.39 is 13.6 Å². The van der Waals surface area contributed by atoms with E-state index in [4.69, 9.17) is 14.4 Å². The molecule has 1 aromatic carbocycles. The van der Waals surface area contributed by atoms with Crippen molar-refractivity contribution in [2.75, 3.05) is 12.1 Å². The standard InChI is InChI=1S/C16H18FN6O5P/c1-3-8-26-29(25,28-24)27-21-12-5-6-13(14(17)9-12)11-4-7-15(18-10-11)16-19-22-23(2)20-16/h4-7,9-10,21,24H,3,8H2,1-2H3. The smallest absolute Gasteiger partial charge is 0.284 e. The molecule has 29 heavy (non-hydrogen) atoms. The van der Waals surface area contributed by atoms with Gasteiger partial charge in [-0.05, 0) is 35.9 Å². The van der Waals surface area contributed by atoms with Crippen molar-refractivity contribution in [3.8, 4) is 22.6 Å². The molecule has 11 nitrogen and oxygen atoms in total. The first kappa shape index (κ1) is 21.0. The molecule has 0 aliphatic heterocycles. The summed E-state index contributed by atoms with van der Waals surface area (Å²) in [4.78, 5) is 5.54. The highest BCUT2D eigenvalue weighted by atomic mass is 31.2. The summed E-state index contributed by atoms with van der Waals surface area (Å²) >= 11 is 0. The summed E-state index contributed by atoms with van der Waals surface area (Å²) in [7, 11) is -2.57. The maximum absolute atomic E-state index is 14.5. The lowest BCUT2D eigenvalue weighted by molar-refractivity contribution is -0.164. The molecule has 2 N–H and O–H groups in total. The zero-order valence-electron chi connectivity index (χ0n) is 15.5. The van der Waals surface area contributed by atoms with Crippen LogP contribution < -0.4 is 5.48 Å². The molecule has 0 saturated carbocycles. The van der Waals surface area contributed by atoms with Gasteiger partial charge in [-0.2, -0.15) is 9.42 Å². The number of rotatable bonds is 9. The third-order valence-electron chi connectivity index (χ3n) is 3.61. The van der Waals surface area contributed by atoms with Crippen molar-refractivity contribution in [2.45, 2.75) is 13.3 Å². The van der Waals surface area contributed by atoms with Crippen LogP contribution in [0.15, 0.2) is 36.5 Å². The highest BCUT2D eigenvalue weighted by Crippen LogP contribution is 2.48. The zero-order chi connectivity index (χ0) is 20.9. The zero-order valence-corrected chi connectivity index (χ0v) is 16.4. The van der Waals surface area contributed by atoms with Crippen LogP contribution in [0, 0.1) is 5.82 Å². The number of aryl methyl sites for hydroxylation is 1. The Labute approximate surface area is 164 Å². The number of pyridine rings is 1. The van der Waals surface area contributed by atoms with Gasteiger partial charge < -0.3 is 0 Å². The molecular formula is C16H18FN6O5P. The quantitative estimate of drug-likeness (QED) is 0.299. The number of benzene rings is 1. The Morgan fingerprint density at radius 3 is 2.72 bits per heavy atom. The Hall–Kier alpha value is -2.76. The number of hydrogen-bond donors (Lipinski definition) is 2. The van der Waals surface area contributed by atoms with Crippen molar-refractivity contribution in [3.05, 3.63) is 42.3 Å². The number of nitrogens with one attached hydrogen (secondary N) is 1. The molecule has 0 amide bonds. The number of halogens is 1. The molecule has 0 spiro atoms. The first-order valence-electron chi connectivity index (χ1n) is 8.47. The number of hydrogen-bond acceptors (Lipinski definition) is 10. The summed E-state index contributed by atoms with van der Waals surface area (Å²) in [6.45, 7) is 1.81. The second kappa shape index (κ2) is 9.16. The Morgan fingerprint density at radius 2 is 2.14 bits per heavy atom. The van der Waals surface area contributed by atoms with Crippen molar-refractivity contribution in [1.29, 1.82) is 0 Å². The molecule has 0 aliphatic carbocycles. The van der Waals surface area contributed by atoms with E-state index in [-0.39, 0.29) is 17.9 Å². The molecule has 1 atom stereocenters. The van der Waals surface area contributed by atoms with Gasteiger partial charge in [-0.3, -0.25) is 15.0 Å². The second-order valence-electron chi connectivity index (χ2n) is 5.78. The van der Waals surface area contributed by atoms with E-state index in [1.54, 1.807) is 26.1 Å². The highest BCUT2D eigenvalue weighted by Gasteiger charge is 2.27. The summed E-state index contributed by atoms with van der Waals surface area (Å²) in [6, 6.07) is 7.41. The first-order chi connectivity index (χ1) is 13.9. The highest BCUT2D eigenvalue weighted by molar-refractivity contribution is 7.48. The van der Waals surface area contributed by atoms with Gasteiger partial charge >= 0.3 is 7.82 Å². The molecule has 0 radical (unpaired) electrons. The minimum Gasteiger partial charge on any atom is -0.284 e. The van der Waals surface area contributed by atoms with Gasteiger partial charge in [0.25, 0.3) is 0 Å². The lowest BCUT2D eigenvalue weighted by Crippen LogP contribution is -2.05. The molecule has 3 rings (SSSR count). The maximum Gasteiger partial charge on any atom is 0.523 e. The topological polar surface area (TPSA) is 134 Å². The fraction of sp³-hybridized carbons (Fsp3) is 0.250. The summed E-state index contributed by atoms with van der Waals surface area (Å²) in [5, 5.41) is 20.4. The van der Waals surface area contributed by atoms with E-state index in [1.165, 1.54) is 23.1 Å². The van der Waals surface area contributed by atoms with Crippen molar-refractivity contribution < 1.29 is 28.0 Å². The lowest BCUT2D eigenvalue weighted by Gasteiger charge is -2.14. The van der Waals surface area contributed by atoms with Gasteiger partial charge in [-0.15, -0.1) is 14.9 Å². The van der Waals surface area contributed by atoms with Gasteiger partial charge in [0.15, 0.2) is 0 Å². The van der Waals surface area contributed by atoms with Crippen molar-refractivity contribution in [1.82, 2.24) is 25.2 Å². The van der Waals surface area contributed by atoms with Crippen molar-refractivity contribution in [2.24, 2.45) is 7.05 Å². The van der Waals surface area contributed by atoms with E-state index in [9.17, 15) is 8.96 Å². The van der Waals surface area contributed by atoms with Crippen LogP contribution in [0.4, 0.5) is 10.1 Å². The lowest BCUT2D eigenvalue weighted by atomic mass is 10.1. The predicted molar refractivity (Wildman–Crippen MR) is 99.7 cm³/mol. The molecule has 1 unspecified atom stereocenters. The average molecular weight is 424 g/mol. The number of anilines is 1. The normalized spacial score (nSPS) is 13.2. The SMILES string of the molecule is CCCOP(=O)(OO)ONc1ccc(-c2ccc(-c3nnn(C)n3)nc2)c(F)c1. The van der Waals surface area contributed by atoms with Gasteiger partial charge in [0.05, 0.1) is 19.3 Å². The van der Waals surface area contributed by atoms with Gasteiger partial charge in [0.1, 0.15) is 11.5 Å². The van der Waals surface area contributed by atoms with E-state index >= 15 is 0 Å². The summed E-state index contributed by atoms with van der Waals surface area (Å²) in [5.41, 5.74) is 3.69. The molecule has 0 fully saturated rings. The molecule has 154 valence electrons. The molecule has 0 bridgehead atoms. The fourth-order valence-electron chi connectivity index (χ4n) is 2.26. The number of phosphoric acid groups is 1. The van der Waals surface area contributed by atoms with Gasteiger partial charge in [0.2, 0.25) is 5.82 Å². The van der Waals surface area contributed by atoms with Crippen molar-refractivity contribution in [3.63, 3.8) is 0 Å². The van der Waals surface area contributed by atoms with Crippen LogP contribution in [0.3, 0.4) is 0 Å². The molecule has 13 heteroatoms. The molecule has 0 saturated heterocycles. The third kappa shape index (κ3) is 5.19. The van der Waals surface area contributed by atoms with Crippen molar-refractivity contribution >= 4 is 13.5 Å². The maximum atomic E-state index is 14.5. The van der Waals surface area contributed by atoms with E-state index in [2.05, 4.69) is 30.5 Å². The van der Waals surface area contributed by atoms with E-state index in [0.717, 1.165) is 6.07 Å². The molecule has 2 aromatic heterocycles. The Morgan fingerprint density at radius 1 is 1.31 bits per heavy atom. The van der Waals surface area contributed by atoms with E-state index in [0.29, 0.717) is 23.5 Å². The minimum atomic E-state index is -4.21. The summed E-state index contributed by atoms with van der Waals surface area (Å²) in [5.74, 6) is -0.225. The number of aromatic nitrogens is 5. The van der Waals surface area contributed by atoms with Crippen LogP contribution in [0.2, 0.25) is 0 Å². The van der Waals surface area contributed by atoms with Crippen LogP contribution in [-0.4, -0.2) is 37.1 Å². The molecule has 2 heterocycles. The minimum absolute atomic E-state index is 0.0416. The first-order valence-corrected chi connectivity index (χ1v) is 9.93. The Kier molecular flexibility index (Phi) is 6.62. The molecule has 3 aromatic rings. The summed E-state index contributed by atoms with van der Waals surface area (Å²) < 4.78 is 39.8. The van der Waals surface area contributed by atoms with Gasteiger partial charge in [-0.1, -0.05) is 13.0 Å². The van der Waals surface area contributed by atoms with E-state index in [1.807, 2.05) is 0 Å². The van der Waals surface area contributed by atoms with Gasteiger partial charge in [-0.25, -0.2) is 14.2 Å². The number of tetrazole rings is 1. The predicted octanol–water partition coefficient (Wildman–Crippen LogP) is 3.45. The number of nitrogens with zero attached hydrogens (tertiary/aromatic N) is 5. The second-order valence-corrected chi connectivity index (χ2v) is 7.28. The summed E-state index contributed by atoms with van der Waals surface area (Å²) in [6.07, 6.45) is 2.01. The molecular weight excluding hydrogens is 406 g/mol. The van der Waals surface area contributed by atoms with Gasteiger partial charge in [0, 0.05) is 17.3 Å².